The summed E-state index contributed by atoms with van der Waals surface area (Å²) in [6.07, 6.45) is 7.08. The minimum Gasteiger partial charge on any atom is -0.371 e. The Morgan fingerprint density at radius 2 is 1.55 bits per heavy atom. The first-order valence-corrected chi connectivity index (χ1v) is 14.6. The van der Waals surface area contributed by atoms with Crippen LogP contribution in [0.15, 0.2) is 97.3 Å². The van der Waals surface area contributed by atoms with Crippen LogP contribution >= 0.6 is 0 Å². The standard InChI is InChI=1S/C34H38N4O2/c39-34(37-21-20-35-23-29(37)22-26-12-4-1-5-13-26)32-33(28-16-8-3-9-17-28)38(25-36-32)30-18-10-11-19-31(30)40-24-27-14-6-2-7-15-27/h1-9,12-17,25,29-31,35H,10-11,18-24H2/t29-,30-,31-/m1/s1. The van der Waals surface area contributed by atoms with Crippen LogP contribution in [0.3, 0.4) is 0 Å². The summed E-state index contributed by atoms with van der Waals surface area (Å²) >= 11 is 0. The van der Waals surface area contributed by atoms with Crippen molar-refractivity contribution in [3.05, 3.63) is 114 Å². The maximum atomic E-state index is 14.3. The van der Waals surface area contributed by atoms with Crippen molar-refractivity contribution in [3.8, 4) is 11.3 Å². The van der Waals surface area contributed by atoms with Gasteiger partial charge >= 0.3 is 0 Å². The molecular weight excluding hydrogens is 496 g/mol. The normalized spacial score (nSPS) is 21.3. The molecule has 2 fully saturated rings. The summed E-state index contributed by atoms with van der Waals surface area (Å²) in [5, 5.41) is 3.49. The predicted molar refractivity (Wildman–Crippen MR) is 158 cm³/mol. The molecule has 1 aliphatic heterocycles. The Morgan fingerprint density at radius 1 is 0.875 bits per heavy atom. The monoisotopic (exact) mass is 534 g/mol. The SMILES string of the molecule is O=C(c1ncn([C@@H]2CCCC[C@H]2OCc2ccccc2)c1-c1ccccc1)N1CCNC[C@H]1Cc1ccccc1. The summed E-state index contributed by atoms with van der Waals surface area (Å²) in [7, 11) is 0. The second-order valence-electron chi connectivity index (χ2n) is 10.9. The van der Waals surface area contributed by atoms with Crippen molar-refractivity contribution in [2.75, 3.05) is 19.6 Å². The van der Waals surface area contributed by atoms with Gasteiger partial charge in [-0.05, 0) is 30.4 Å². The van der Waals surface area contributed by atoms with E-state index in [4.69, 9.17) is 9.72 Å². The van der Waals surface area contributed by atoms with E-state index in [1.165, 1.54) is 11.1 Å². The van der Waals surface area contributed by atoms with Gasteiger partial charge in [-0.2, -0.15) is 0 Å². The summed E-state index contributed by atoms with van der Waals surface area (Å²) in [6, 6.07) is 31.3. The average molecular weight is 535 g/mol. The first-order chi connectivity index (χ1) is 19.8. The highest BCUT2D eigenvalue weighted by atomic mass is 16.5. The third kappa shape index (κ3) is 5.88. The largest absolute Gasteiger partial charge is 0.371 e. The number of nitrogens with zero attached hydrogens (tertiary/aromatic N) is 3. The molecule has 2 aliphatic rings. The number of hydrogen-bond donors (Lipinski definition) is 1. The highest BCUT2D eigenvalue weighted by molar-refractivity contribution is 5.98. The fraction of sp³-hybridized carbons (Fsp3) is 0.353. The van der Waals surface area contributed by atoms with Gasteiger partial charge < -0.3 is 19.5 Å². The molecule has 2 heterocycles. The van der Waals surface area contributed by atoms with Gasteiger partial charge in [0.15, 0.2) is 5.69 Å². The van der Waals surface area contributed by atoms with E-state index in [9.17, 15) is 4.79 Å². The molecule has 206 valence electrons. The molecule has 1 saturated carbocycles. The Kier molecular flexibility index (Phi) is 8.36. The van der Waals surface area contributed by atoms with Crippen LogP contribution in [0.25, 0.3) is 11.3 Å². The van der Waals surface area contributed by atoms with E-state index in [-0.39, 0.29) is 24.1 Å². The molecular formula is C34H38N4O2. The van der Waals surface area contributed by atoms with Gasteiger partial charge in [0.2, 0.25) is 0 Å². The lowest BCUT2D eigenvalue weighted by atomic mass is 9.91. The number of carbonyl (C=O) groups is 1. The zero-order valence-electron chi connectivity index (χ0n) is 23.0. The summed E-state index contributed by atoms with van der Waals surface area (Å²) in [4.78, 5) is 21.1. The minimum atomic E-state index is 0.0117. The summed E-state index contributed by atoms with van der Waals surface area (Å²) in [6.45, 7) is 2.82. The number of imidazole rings is 1. The molecule has 0 radical (unpaired) electrons. The molecule has 1 aromatic heterocycles. The molecule has 1 amide bonds. The van der Waals surface area contributed by atoms with Gasteiger partial charge in [0.05, 0.1) is 30.8 Å². The Balaban J connectivity index is 1.31. The number of ether oxygens (including phenoxy) is 1. The van der Waals surface area contributed by atoms with E-state index in [1.54, 1.807) is 0 Å². The number of piperazine rings is 1. The third-order valence-electron chi connectivity index (χ3n) is 8.30. The maximum absolute atomic E-state index is 14.3. The lowest BCUT2D eigenvalue weighted by Crippen LogP contribution is -2.54. The highest BCUT2D eigenvalue weighted by Gasteiger charge is 2.35. The van der Waals surface area contributed by atoms with Crippen LogP contribution in [0, 0.1) is 0 Å². The van der Waals surface area contributed by atoms with Crippen LogP contribution < -0.4 is 5.32 Å². The van der Waals surface area contributed by atoms with Gasteiger partial charge in [0, 0.05) is 31.2 Å². The molecule has 3 aromatic carbocycles. The molecule has 0 bridgehead atoms. The van der Waals surface area contributed by atoms with Crippen molar-refractivity contribution in [1.29, 1.82) is 0 Å². The molecule has 1 aliphatic carbocycles. The maximum Gasteiger partial charge on any atom is 0.275 e. The van der Waals surface area contributed by atoms with E-state index >= 15 is 0 Å². The van der Waals surface area contributed by atoms with Crippen LogP contribution in [0.2, 0.25) is 0 Å². The van der Waals surface area contributed by atoms with E-state index in [2.05, 4.69) is 70.5 Å². The van der Waals surface area contributed by atoms with Crippen molar-refractivity contribution >= 4 is 5.91 Å². The summed E-state index contributed by atoms with van der Waals surface area (Å²) < 4.78 is 8.79. The number of nitrogens with one attached hydrogen (secondary N) is 1. The molecule has 6 nitrogen and oxygen atoms in total. The topological polar surface area (TPSA) is 59.4 Å². The minimum absolute atomic E-state index is 0.0117. The van der Waals surface area contributed by atoms with Gasteiger partial charge in [-0.1, -0.05) is 104 Å². The smallest absolute Gasteiger partial charge is 0.275 e. The van der Waals surface area contributed by atoms with Crippen molar-refractivity contribution < 1.29 is 9.53 Å². The molecule has 6 heteroatoms. The second kappa shape index (κ2) is 12.6. The number of carbonyl (C=O) groups excluding carboxylic acids is 1. The van der Waals surface area contributed by atoms with Crippen molar-refractivity contribution in [3.63, 3.8) is 0 Å². The second-order valence-corrected chi connectivity index (χ2v) is 10.9. The van der Waals surface area contributed by atoms with Gasteiger partial charge in [-0.25, -0.2) is 4.98 Å². The van der Waals surface area contributed by atoms with Gasteiger partial charge in [0.25, 0.3) is 5.91 Å². The van der Waals surface area contributed by atoms with Gasteiger partial charge in [-0.15, -0.1) is 0 Å². The van der Waals surface area contributed by atoms with Crippen molar-refractivity contribution in [2.24, 2.45) is 0 Å². The molecule has 40 heavy (non-hydrogen) atoms. The fourth-order valence-corrected chi connectivity index (χ4v) is 6.25. The predicted octanol–water partition coefficient (Wildman–Crippen LogP) is 5.91. The zero-order chi connectivity index (χ0) is 27.1. The molecule has 4 aromatic rings. The number of aromatic nitrogens is 2. The first-order valence-electron chi connectivity index (χ1n) is 14.6. The van der Waals surface area contributed by atoms with Crippen LogP contribution in [0.5, 0.6) is 0 Å². The van der Waals surface area contributed by atoms with E-state index in [1.807, 2.05) is 41.6 Å². The Bertz CT molecular complexity index is 1370. The van der Waals surface area contributed by atoms with Gasteiger partial charge in [0.1, 0.15) is 0 Å². The Hall–Kier alpha value is -3.74. The van der Waals surface area contributed by atoms with Crippen molar-refractivity contribution in [2.45, 2.75) is 56.9 Å². The number of rotatable bonds is 8. The summed E-state index contributed by atoms with van der Waals surface area (Å²) in [5.41, 5.74) is 4.88. The lowest BCUT2D eigenvalue weighted by Gasteiger charge is -2.36. The van der Waals surface area contributed by atoms with E-state index in [0.29, 0.717) is 18.8 Å². The number of amides is 1. The third-order valence-corrected chi connectivity index (χ3v) is 8.30. The first kappa shape index (κ1) is 26.5. The molecule has 1 saturated heterocycles. The van der Waals surface area contributed by atoms with Crippen molar-refractivity contribution in [1.82, 2.24) is 19.8 Å². The van der Waals surface area contributed by atoms with Crippen LogP contribution in [-0.2, 0) is 17.8 Å². The Morgan fingerprint density at radius 3 is 2.30 bits per heavy atom. The summed E-state index contributed by atoms with van der Waals surface area (Å²) in [5.74, 6) is 0.0117. The molecule has 0 spiro atoms. The average Bonchev–Trinajstić information content (AvgIpc) is 3.47. The fourth-order valence-electron chi connectivity index (χ4n) is 6.25. The number of benzene rings is 3. The molecule has 6 rings (SSSR count). The van der Waals surface area contributed by atoms with Gasteiger partial charge in [-0.3, -0.25) is 4.79 Å². The number of hydrogen-bond acceptors (Lipinski definition) is 4. The molecule has 1 N–H and O–H groups in total. The lowest BCUT2D eigenvalue weighted by molar-refractivity contribution is -0.0159. The Labute approximate surface area is 237 Å². The van der Waals surface area contributed by atoms with Crippen LogP contribution in [-0.4, -0.2) is 52.1 Å². The quantitative estimate of drug-likeness (QED) is 0.305. The highest BCUT2D eigenvalue weighted by Crippen LogP contribution is 2.37. The van der Waals surface area contributed by atoms with Crippen LogP contribution in [0.1, 0.15) is 53.3 Å². The van der Waals surface area contributed by atoms with E-state index in [0.717, 1.165) is 56.5 Å². The van der Waals surface area contributed by atoms with Crippen LogP contribution in [0.4, 0.5) is 0 Å². The molecule has 0 unspecified atom stereocenters. The zero-order valence-corrected chi connectivity index (χ0v) is 23.0. The molecule has 3 atom stereocenters. The van der Waals surface area contributed by atoms with E-state index < -0.39 is 0 Å².